The second kappa shape index (κ2) is 7.23. The number of nitrogens with one attached hydrogen (secondary N) is 1. The van der Waals surface area contributed by atoms with Crippen LogP contribution in [0.1, 0.15) is 49.9 Å². The summed E-state index contributed by atoms with van der Waals surface area (Å²) in [6.07, 6.45) is -0.569. The second-order valence-electron chi connectivity index (χ2n) is 9.11. The van der Waals surface area contributed by atoms with E-state index in [2.05, 4.69) is 17.2 Å². The SMILES string of the molecule is CC1C2Cc3ncc(C(F)(F)F)cc3CN2C(=O)[C@]12CC[C@@H](NC[C@@H](C)CO)C2. The number of nitrogens with zero attached hydrogens (tertiary/aromatic N) is 2. The van der Waals surface area contributed by atoms with Crippen LogP contribution in [0.5, 0.6) is 0 Å². The minimum atomic E-state index is -4.43. The largest absolute Gasteiger partial charge is 0.417 e. The first kappa shape index (κ1) is 20.6. The van der Waals surface area contributed by atoms with Gasteiger partial charge in [0.2, 0.25) is 5.91 Å². The lowest BCUT2D eigenvalue weighted by Gasteiger charge is -2.33. The van der Waals surface area contributed by atoms with Crippen molar-refractivity contribution in [2.24, 2.45) is 17.3 Å². The number of hydrogen-bond acceptors (Lipinski definition) is 4. The van der Waals surface area contributed by atoms with Crippen molar-refractivity contribution in [2.75, 3.05) is 13.2 Å². The minimum absolute atomic E-state index is 0.00523. The molecule has 3 heterocycles. The summed E-state index contributed by atoms with van der Waals surface area (Å²) >= 11 is 0. The van der Waals surface area contributed by atoms with E-state index in [1.807, 2.05) is 6.92 Å². The molecule has 1 saturated carbocycles. The highest BCUT2D eigenvalue weighted by atomic mass is 19.4. The smallest absolute Gasteiger partial charge is 0.396 e. The third-order valence-corrected chi connectivity index (χ3v) is 7.28. The summed E-state index contributed by atoms with van der Waals surface area (Å²) in [5.41, 5.74) is -0.00888. The van der Waals surface area contributed by atoms with Crippen molar-refractivity contribution in [1.29, 1.82) is 0 Å². The molecule has 1 amide bonds. The summed E-state index contributed by atoms with van der Waals surface area (Å²) in [6.45, 7) is 5.13. The van der Waals surface area contributed by atoms with E-state index >= 15 is 0 Å². The van der Waals surface area contributed by atoms with Crippen molar-refractivity contribution in [3.05, 3.63) is 29.1 Å². The van der Waals surface area contributed by atoms with Crippen LogP contribution in [-0.4, -0.2) is 46.1 Å². The summed E-state index contributed by atoms with van der Waals surface area (Å²) in [5.74, 6) is 0.380. The molecule has 4 rings (SSSR count). The van der Waals surface area contributed by atoms with E-state index < -0.39 is 17.2 Å². The number of alkyl halides is 3. The zero-order valence-electron chi connectivity index (χ0n) is 16.8. The average Bonchev–Trinajstić information content (AvgIpc) is 3.21. The molecule has 2 unspecified atom stereocenters. The number of aromatic nitrogens is 1. The highest BCUT2D eigenvalue weighted by molar-refractivity contribution is 5.87. The lowest BCUT2D eigenvalue weighted by molar-refractivity contribution is -0.138. The molecule has 5 atom stereocenters. The Labute approximate surface area is 168 Å². The Morgan fingerprint density at radius 2 is 2.21 bits per heavy atom. The first-order valence-electron chi connectivity index (χ1n) is 10.4. The van der Waals surface area contributed by atoms with E-state index in [0.717, 1.165) is 31.5 Å². The normalized spacial score (nSPS) is 32.6. The lowest BCUT2D eigenvalue weighted by Crippen LogP contribution is -2.40. The molecule has 1 saturated heterocycles. The Balaban J connectivity index is 1.53. The van der Waals surface area contributed by atoms with Gasteiger partial charge >= 0.3 is 6.18 Å². The van der Waals surface area contributed by atoms with Gasteiger partial charge in [0.05, 0.1) is 11.0 Å². The number of halogens is 3. The fourth-order valence-electron chi connectivity index (χ4n) is 5.43. The molecular formula is C21H28F3N3O2. The molecule has 2 fully saturated rings. The maximum Gasteiger partial charge on any atom is 0.417 e. The summed E-state index contributed by atoms with van der Waals surface area (Å²) < 4.78 is 39.2. The molecule has 3 aliphatic rings. The van der Waals surface area contributed by atoms with Gasteiger partial charge in [-0.1, -0.05) is 13.8 Å². The fourth-order valence-corrected chi connectivity index (χ4v) is 5.43. The number of amides is 1. The number of aliphatic hydroxyl groups is 1. The number of fused-ring (bicyclic) bond motifs is 2. The molecule has 2 aliphatic heterocycles. The Kier molecular flexibility index (Phi) is 5.14. The van der Waals surface area contributed by atoms with Gasteiger partial charge in [-0.15, -0.1) is 0 Å². The zero-order chi connectivity index (χ0) is 21.0. The Bertz CT molecular complexity index is 800. The molecule has 0 bridgehead atoms. The van der Waals surface area contributed by atoms with Crippen molar-refractivity contribution in [3.8, 4) is 0 Å². The first-order valence-corrected chi connectivity index (χ1v) is 10.4. The van der Waals surface area contributed by atoms with Crippen LogP contribution in [0, 0.1) is 17.3 Å². The second-order valence-corrected chi connectivity index (χ2v) is 9.11. The van der Waals surface area contributed by atoms with Crippen molar-refractivity contribution < 1.29 is 23.1 Å². The fraction of sp³-hybridized carbons (Fsp3) is 0.714. The molecule has 1 aromatic heterocycles. The number of carbonyl (C=O) groups is 1. The minimum Gasteiger partial charge on any atom is -0.396 e. The van der Waals surface area contributed by atoms with Gasteiger partial charge in [-0.2, -0.15) is 13.2 Å². The van der Waals surface area contributed by atoms with Crippen molar-refractivity contribution >= 4 is 5.91 Å². The average molecular weight is 411 g/mol. The topological polar surface area (TPSA) is 65.5 Å². The van der Waals surface area contributed by atoms with Crippen LogP contribution in [0.15, 0.2) is 12.3 Å². The standard InChI is InChI=1S/C21H28F3N3O2/c1-12(11-28)8-25-16-3-4-20(7-16)13(2)18-6-17-14(10-27(18)19(20)29)5-15(9-26-17)21(22,23)24/h5,9,12-13,16,18,25,28H,3-4,6-8,10-11H2,1-2H3/t12-,13?,16-,18?,20+/m1/s1. The van der Waals surface area contributed by atoms with E-state index in [1.54, 1.807) is 4.90 Å². The molecule has 8 heteroatoms. The molecule has 1 aliphatic carbocycles. The van der Waals surface area contributed by atoms with Crippen LogP contribution in [0.4, 0.5) is 13.2 Å². The molecule has 5 nitrogen and oxygen atoms in total. The summed E-state index contributed by atoms with van der Waals surface area (Å²) in [7, 11) is 0. The van der Waals surface area contributed by atoms with Gasteiger partial charge in [-0.3, -0.25) is 9.78 Å². The van der Waals surface area contributed by atoms with Gasteiger partial charge in [0.15, 0.2) is 0 Å². The highest BCUT2D eigenvalue weighted by Gasteiger charge is 2.60. The predicted molar refractivity (Wildman–Crippen MR) is 101 cm³/mol. The summed E-state index contributed by atoms with van der Waals surface area (Å²) in [4.78, 5) is 19.3. The Morgan fingerprint density at radius 1 is 1.45 bits per heavy atom. The molecule has 0 aromatic carbocycles. The number of hydrogen-bond donors (Lipinski definition) is 2. The highest BCUT2D eigenvalue weighted by Crippen LogP contribution is 2.54. The third-order valence-electron chi connectivity index (χ3n) is 7.28. The van der Waals surface area contributed by atoms with Crippen LogP contribution < -0.4 is 5.32 Å². The van der Waals surface area contributed by atoms with Gasteiger partial charge in [0.1, 0.15) is 0 Å². The molecule has 0 radical (unpaired) electrons. The third kappa shape index (κ3) is 3.44. The zero-order valence-corrected chi connectivity index (χ0v) is 16.8. The van der Waals surface area contributed by atoms with Crippen LogP contribution in [0.25, 0.3) is 0 Å². The van der Waals surface area contributed by atoms with E-state index in [0.29, 0.717) is 24.2 Å². The lowest BCUT2D eigenvalue weighted by atomic mass is 9.73. The van der Waals surface area contributed by atoms with Gasteiger partial charge in [-0.05, 0) is 42.7 Å². The van der Waals surface area contributed by atoms with E-state index in [4.69, 9.17) is 0 Å². The molecule has 160 valence electrons. The maximum atomic E-state index is 13.4. The quantitative estimate of drug-likeness (QED) is 0.800. The number of rotatable bonds is 4. The van der Waals surface area contributed by atoms with Crippen molar-refractivity contribution in [3.63, 3.8) is 0 Å². The van der Waals surface area contributed by atoms with Crippen molar-refractivity contribution in [2.45, 2.75) is 64.3 Å². The van der Waals surface area contributed by atoms with Gasteiger partial charge in [-0.25, -0.2) is 0 Å². The van der Waals surface area contributed by atoms with Gasteiger partial charge in [0, 0.05) is 50.1 Å². The van der Waals surface area contributed by atoms with Crippen LogP contribution in [0.2, 0.25) is 0 Å². The number of carbonyl (C=O) groups excluding carboxylic acids is 1. The van der Waals surface area contributed by atoms with Gasteiger partial charge in [0.25, 0.3) is 0 Å². The summed E-state index contributed by atoms with van der Waals surface area (Å²) in [6, 6.07) is 1.37. The van der Waals surface area contributed by atoms with E-state index in [1.165, 1.54) is 0 Å². The van der Waals surface area contributed by atoms with Crippen LogP contribution in [-0.2, 0) is 23.9 Å². The van der Waals surface area contributed by atoms with Crippen LogP contribution in [0.3, 0.4) is 0 Å². The predicted octanol–water partition coefficient (Wildman–Crippen LogP) is 2.76. The van der Waals surface area contributed by atoms with Gasteiger partial charge < -0.3 is 15.3 Å². The van der Waals surface area contributed by atoms with Crippen LogP contribution >= 0.6 is 0 Å². The van der Waals surface area contributed by atoms with E-state index in [9.17, 15) is 23.1 Å². The van der Waals surface area contributed by atoms with Crippen molar-refractivity contribution in [1.82, 2.24) is 15.2 Å². The Hall–Kier alpha value is -1.67. The van der Waals surface area contributed by atoms with E-state index in [-0.39, 0.29) is 43.0 Å². The molecule has 2 N–H and O–H groups in total. The summed E-state index contributed by atoms with van der Waals surface area (Å²) in [5, 5.41) is 12.7. The first-order chi connectivity index (χ1) is 13.7. The molecule has 1 spiro atoms. The monoisotopic (exact) mass is 411 g/mol. The molecule has 29 heavy (non-hydrogen) atoms. The number of pyridine rings is 1. The molecular weight excluding hydrogens is 383 g/mol. The molecule has 1 aromatic rings. The number of aliphatic hydroxyl groups excluding tert-OH is 1. The maximum absolute atomic E-state index is 13.4. The Morgan fingerprint density at radius 3 is 2.90 bits per heavy atom.